The topological polar surface area (TPSA) is 29.5 Å². The first-order valence-corrected chi connectivity index (χ1v) is 7.47. The van der Waals surface area contributed by atoms with Crippen molar-refractivity contribution in [1.82, 2.24) is 0 Å². The Kier molecular flexibility index (Phi) is 3.37. The van der Waals surface area contributed by atoms with Gasteiger partial charge in [0.2, 0.25) is 0 Å². The lowest BCUT2D eigenvalue weighted by Gasteiger charge is -2.20. The van der Waals surface area contributed by atoms with Crippen molar-refractivity contribution in [3.05, 3.63) is 28.2 Å². The number of aliphatic hydroxyl groups is 1. The van der Waals surface area contributed by atoms with Gasteiger partial charge in [-0.15, -0.1) is 0 Å². The SMILES string of the molecule is COc1ccc(Br)c(CC(O)C2CC3CC3C2)c1. The first kappa shape index (κ1) is 12.5. The standard InChI is InChI=1S/C15H19BrO2/c1-18-13-2-3-14(16)11(7-13)8-15(17)12-5-9-4-10(9)6-12/h2-3,7,9-10,12,15,17H,4-6,8H2,1H3. The molecule has 2 aliphatic carbocycles. The second-order valence-corrected chi connectivity index (χ2v) is 6.57. The molecule has 1 N–H and O–H groups in total. The molecule has 0 aromatic heterocycles. The Morgan fingerprint density at radius 3 is 2.72 bits per heavy atom. The van der Waals surface area contributed by atoms with Gasteiger partial charge in [0, 0.05) is 4.47 Å². The number of hydrogen-bond donors (Lipinski definition) is 1. The number of hydrogen-bond acceptors (Lipinski definition) is 2. The highest BCUT2D eigenvalue weighted by atomic mass is 79.9. The van der Waals surface area contributed by atoms with E-state index >= 15 is 0 Å². The van der Waals surface area contributed by atoms with E-state index in [1.165, 1.54) is 19.3 Å². The van der Waals surface area contributed by atoms with E-state index in [0.29, 0.717) is 5.92 Å². The van der Waals surface area contributed by atoms with Crippen LogP contribution < -0.4 is 4.74 Å². The quantitative estimate of drug-likeness (QED) is 0.923. The van der Waals surface area contributed by atoms with Crippen LogP contribution in [0, 0.1) is 17.8 Å². The summed E-state index contributed by atoms with van der Waals surface area (Å²) in [6, 6.07) is 5.95. The van der Waals surface area contributed by atoms with Crippen LogP contribution in [-0.4, -0.2) is 18.3 Å². The van der Waals surface area contributed by atoms with Crippen LogP contribution in [0.3, 0.4) is 0 Å². The lowest BCUT2D eigenvalue weighted by molar-refractivity contribution is 0.104. The van der Waals surface area contributed by atoms with Crippen LogP contribution in [0.15, 0.2) is 22.7 Å². The summed E-state index contributed by atoms with van der Waals surface area (Å²) in [6.07, 6.45) is 4.38. The molecule has 1 aromatic carbocycles. The zero-order valence-corrected chi connectivity index (χ0v) is 12.2. The molecule has 2 fully saturated rings. The largest absolute Gasteiger partial charge is 0.497 e. The zero-order chi connectivity index (χ0) is 12.7. The average Bonchev–Trinajstić information content (AvgIpc) is 2.98. The smallest absolute Gasteiger partial charge is 0.119 e. The van der Waals surface area contributed by atoms with Gasteiger partial charge in [-0.1, -0.05) is 15.9 Å². The molecule has 98 valence electrons. The Balaban J connectivity index is 1.67. The summed E-state index contributed by atoms with van der Waals surface area (Å²) >= 11 is 3.55. The summed E-state index contributed by atoms with van der Waals surface area (Å²) in [5, 5.41) is 10.4. The predicted molar refractivity (Wildman–Crippen MR) is 74.7 cm³/mol. The molecule has 18 heavy (non-hydrogen) atoms. The van der Waals surface area contributed by atoms with Crippen molar-refractivity contribution < 1.29 is 9.84 Å². The van der Waals surface area contributed by atoms with Crippen molar-refractivity contribution in [1.29, 1.82) is 0 Å². The summed E-state index contributed by atoms with van der Waals surface area (Å²) in [5.74, 6) is 3.22. The third-order valence-corrected chi connectivity index (χ3v) is 5.28. The fraction of sp³-hybridized carbons (Fsp3) is 0.600. The summed E-state index contributed by atoms with van der Waals surface area (Å²) < 4.78 is 6.30. The van der Waals surface area contributed by atoms with E-state index in [-0.39, 0.29) is 6.10 Å². The van der Waals surface area contributed by atoms with E-state index in [1.54, 1.807) is 7.11 Å². The van der Waals surface area contributed by atoms with Gasteiger partial charge in [0.1, 0.15) is 5.75 Å². The maximum Gasteiger partial charge on any atom is 0.119 e. The number of benzene rings is 1. The van der Waals surface area contributed by atoms with Gasteiger partial charge < -0.3 is 9.84 Å². The number of rotatable bonds is 4. The number of methoxy groups -OCH3 is 1. The molecule has 3 atom stereocenters. The molecule has 0 aliphatic heterocycles. The van der Waals surface area contributed by atoms with Crippen LogP contribution in [0.1, 0.15) is 24.8 Å². The van der Waals surface area contributed by atoms with Crippen LogP contribution >= 0.6 is 15.9 Å². The second kappa shape index (κ2) is 4.86. The Hall–Kier alpha value is -0.540. The molecule has 2 aliphatic rings. The minimum atomic E-state index is -0.207. The van der Waals surface area contributed by atoms with E-state index in [1.807, 2.05) is 18.2 Å². The molecule has 0 spiro atoms. The Morgan fingerprint density at radius 1 is 1.33 bits per heavy atom. The molecule has 0 bridgehead atoms. The van der Waals surface area contributed by atoms with Crippen molar-refractivity contribution >= 4 is 15.9 Å². The molecule has 2 saturated carbocycles. The number of fused-ring (bicyclic) bond motifs is 1. The van der Waals surface area contributed by atoms with Gasteiger partial charge in [-0.3, -0.25) is 0 Å². The van der Waals surface area contributed by atoms with Crippen molar-refractivity contribution in [3.8, 4) is 5.75 Å². The maximum atomic E-state index is 10.4. The van der Waals surface area contributed by atoms with E-state index in [9.17, 15) is 5.11 Å². The van der Waals surface area contributed by atoms with E-state index in [4.69, 9.17) is 4.74 Å². The van der Waals surface area contributed by atoms with E-state index in [2.05, 4.69) is 15.9 Å². The number of ether oxygens (including phenoxy) is 1. The molecular formula is C15H19BrO2. The van der Waals surface area contributed by atoms with Crippen molar-refractivity contribution in [3.63, 3.8) is 0 Å². The molecule has 0 saturated heterocycles. The van der Waals surface area contributed by atoms with Gasteiger partial charge in [-0.05, 0) is 67.2 Å². The van der Waals surface area contributed by atoms with Gasteiger partial charge in [0.15, 0.2) is 0 Å². The summed E-state index contributed by atoms with van der Waals surface area (Å²) in [5.41, 5.74) is 1.14. The third kappa shape index (κ3) is 2.43. The molecule has 2 nitrogen and oxygen atoms in total. The fourth-order valence-corrected chi connectivity index (χ4v) is 3.71. The van der Waals surface area contributed by atoms with Crippen LogP contribution in [0.5, 0.6) is 5.75 Å². The van der Waals surface area contributed by atoms with Crippen molar-refractivity contribution in [2.24, 2.45) is 17.8 Å². The summed E-state index contributed by atoms with van der Waals surface area (Å²) in [6.45, 7) is 0. The van der Waals surface area contributed by atoms with Crippen LogP contribution in [-0.2, 0) is 6.42 Å². The molecule has 0 heterocycles. The van der Waals surface area contributed by atoms with Gasteiger partial charge >= 0.3 is 0 Å². The highest BCUT2D eigenvalue weighted by molar-refractivity contribution is 9.10. The van der Waals surface area contributed by atoms with Crippen LogP contribution in [0.2, 0.25) is 0 Å². The van der Waals surface area contributed by atoms with E-state index in [0.717, 1.165) is 34.0 Å². The molecule has 3 rings (SSSR count). The van der Waals surface area contributed by atoms with Gasteiger partial charge in [0.05, 0.1) is 13.2 Å². The van der Waals surface area contributed by atoms with Crippen LogP contribution in [0.25, 0.3) is 0 Å². The highest BCUT2D eigenvalue weighted by Gasteiger charge is 2.47. The Bertz CT molecular complexity index is 436. The van der Waals surface area contributed by atoms with Crippen molar-refractivity contribution in [2.45, 2.75) is 31.8 Å². The summed E-state index contributed by atoms with van der Waals surface area (Å²) in [4.78, 5) is 0. The average molecular weight is 311 g/mol. The zero-order valence-electron chi connectivity index (χ0n) is 10.6. The van der Waals surface area contributed by atoms with Crippen molar-refractivity contribution in [2.75, 3.05) is 7.11 Å². The molecular weight excluding hydrogens is 292 g/mol. The molecule has 3 unspecified atom stereocenters. The third-order valence-electron chi connectivity index (χ3n) is 4.51. The molecule has 0 radical (unpaired) electrons. The minimum absolute atomic E-state index is 0.207. The van der Waals surface area contributed by atoms with Gasteiger partial charge in [-0.25, -0.2) is 0 Å². The fourth-order valence-electron chi connectivity index (χ4n) is 3.30. The van der Waals surface area contributed by atoms with Gasteiger partial charge in [-0.2, -0.15) is 0 Å². The molecule has 1 aromatic rings. The second-order valence-electron chi connectivity index (χ2n) is 5.72. The molecule has 0 amide bonds. The monoisotopic (exact) mass is 310 g/mol. The predicted octanol–water partition coefficient (Wildman–Crippen LogP) is 3.41. The van der Waals surface area contributed by atoms with Crippen LogP contribution in [0.4, 0.5) is 0 Å². The van der Waals surface area contributed by atoms with Gasteiger partial charge in [0.25, 0.3) is 0 Å². The first-order chi connectivity index (χ1) is 8.67. The number of halogens is 1. The van der Waals surface area contributed by atoms with E-state index < -0.39 is 0 Å². The highest BCUT2D eigenvalue weighted by Crippen LogP contribution is 2.55. The lowest BCUT2D eigenvalue weighted by Crippen LogP contribution is -2.21. The molecule has 3 heteroatoms. The first-order valence-electron chi connectivity index (χ1n) is 6.68. The Morgan fingerprint density at radius 2 is 2.06 bits per heavy atom. The normalized spacial score (nSPS) is 30.9. The lowest BCUT2D eigenvalue weighted by atomic mass is 9.92. The number of aliphatic hydroxyl groups excluding tert-OH is 1. The summed E-state index contributed by atoms with van der Waals surface area (Å²) in [7, 11) is 1.67. The maximum absolute atomic E-state index is 10.4. The Labute approximate surface area is 116 Å². The minimum Gasteiger partial charge on any atom is -0.497 e.